The Morgan fingerprint density at radius 1 is 1.26 bits per heavy atom. The van der Waals surface area contributed by atoms with Crippen LogP contribution in [0.1, 0.15) is 29.5 Å². The molecule has 0 aromatic heterocycles. The number of methoxy groups -OCH3 is 1. The van der Waals surface area contributed by atoms with Crippen molar-refractivity contribution in [1.82, 2.24) is 15.5 Å². The van der Waals surface area contributed by atoms with Crippen LogP contribution in [0.15, 0.2) is 12.1 Å². The van der Waals surface area contributed by atoms with Crippen LogP contribution in [0, 0.1) is 13.8 Å². The molecule has 2 aliphatic rings. The summed E-state index contributed by atoms with van der Waals surface area (Å²) in [4.78, 5) is 25.8. The van der Waals surface area contributed by atoms with Crippen molar-refractivity contribution >= 4 is 11.9 Å². The number of urea groups is 1. The lowest BCUT2D eigenvalue weighted by atomic mass is 9.89. The Bertz CT molecular complexity index is 635. The summed E-state index contributed by atoms with van der Waals surface area (Å²) < 4.78 is 5.41. The fourth-order valence-corrected chi connectivity index (χ4v) is 3.81. The molecule has 1 unspecified atom stereocenters. The van der Waals surface area contributed by atoms with Crippen molar-refractivity contribution in [3.8, 4) is 5.75 Å². The summed E-state index contributed by atoms with van der Waals surface area (Å²) in [6, 6.07) is 3.87. The van der Waals surface area contributed by atoms with Crippen molar-refractivity contribution in [1.29, 1.82) is 0 Å². The van der Waals surface area contributed by atoms with Gasteiger partial charge in [0.05, 0.1) is 7.11 Å². The molecule has 124 valence electrons. The highest BCUT2D eigenvalue weighted by atomic mass is 16.5. The molecule has 1 aromatic rings. The zero-order valence-electron chi connectivity index (χ0n) is 13.9. The quantitative estimate of drug-likeness (QED) is 0.829. The molecule has 1 spiro atoms. The van der Waals surface area contributed by atoms with Crippen LogP contribution in [0.4, 0.5) is 4.79 Å². The van der Waals surface area contributed by atoms with E-state index in [1.165, 1.54) is 5.56 Å². The van der Waals surface area contributed by atoms with E-state index in [0.29, 0.717) is 13.0 Å². The van der Waals surface area contributed by atoms with E-state index in [0.717, 1.165) is 36.4 Å². The van der Waals surface area contributed by atoms with Gasteiger partial charge in [-0.1, -0.05) is 12.1 Å². The van der Waals surface area contributed by atoms with Crippen LogP contribution in [-0.2, 0) is 11.3 Å². The fraction of sp³-hybridized carbons (Fsp3) is 0.529. The summed E-state index contributed by atoms with van der Waals surface area (Å²) in [5.41, 5.74) is 2.66. The molecule has 2 saturated heterocycles. The number of amides is 3. The molecule has 1 atom stereocenters. The molecule has 1 aromatic carbocycles. The number of aryl methyl sites for hydroxylation is 2. The van der Waals surface area contributed by atoms with Crippen molar-refractivity contribution in [3.63, 3.8) is 0 Å². The van der Waals surface area contributed by atoms with Gasteiger partial charge in [-0.3, -0.25) is 15.0 Å². The third-order valence-electron chi connectivity index (χ3n) is 4.72. The number of nitrogens with one attached hydrogen (secondary N) is 2. The molecule has 6 nitrogen and oxygen atoms in total. The van der Waals surface area contributed by atoms with Crippen LogP contribution in [-0.4, -0.2) is 42.6 Å². The highest BCUT2D eigenvalue weighted by molar-refractivity contribution is 6.07. The predicted octanol–water partition coefficient (Wildman–Crippen LogP) is 1.49. The molecule has 2 aliphatic heterocycles. The minimum atomic E-state index is -0.758. The third-order valence-corrected chi connectivity index (χ3v) is 4.72. The minimum Gasteiger partial charge on any atom is -0.496 e. The first-order chi connectivity index (χ1) is 10.9. The second-order valence-corrected chi connectivity index (χ2v) is 6.57. The van der Waals surface area contributed by atoms with Crippen molar-refractivity contribution in [2.45, 2.75) is 38.8 Å². The Hall–Kier alpha value is -2.08. The summed E-state index contributed by atoms with van der Waals surface area (Å²) in [5, 5.41) is 5.18. The normalized spacial score (nSPS) is 24.7. The molecule has 23 heavy (non-hydrogen) atoms. The summed E-state index contributed by atoms with van der Waals surface area (Å²) in [7, 11) is 1.69. The van der Waals surface area contributed by atoms with Gasteiger partial charge in [0.25, 0.3) is 5.91 Å². The van der Waals surface area contributed by atoms with E-state index < -0.39 is 5.54 Å². The molecule has 2 N–H and O–H groups in total. The van der Waals surface area contributed by atoms with Crippen LogP contribution in [0.2, 0.25) is 0 Å². The van der Waals surface area contributed by atoms with E-state index >= 15 is 0 Å². The number of likely N-dealkylation sites (tertiary alicyclic amines) is 1. The van der Waals surface area contributed by atoms with E-state index in [-0.39, 0.29) is 11.9 Å². The van der Waals surface area contributed by atoms with E-state index in [1.807, 2.05) is 13.8 Å². The van der Waals surface area contributed by atoms with E-state index in [2.05, 4.69) is 27.7 Å². The molecule has 2 heterocycles. The molecule has 0 aliphatic carbocycles. The molecule has 3 amide bonds. The molecule has 0 radical (unpaired) electrons. The van der Waals surface area contributed by atoms with E-state index in [4.69, 9.17) is 4.74 Å². The highest BCUT2D eigenvalue weighted by Crippen LogP contribution is 2.28. The maximum Gasteiger partial charge on any atom is 0.322 e. The first-order valence-electron chi connectivity index (χ1n) is 7.93. The first-order valence-corrected chi connectivity index (χ1v) is 7.93. The number of rotatable bonds is 3. The monoisotopic (exact) mass is 317 g/mol. The van der Waals surface area contributed by atoms with Crippen LogP contribution >= 0.6 is 0 Å². The topological polar surface area (TPSA) is 70.7 Å². The Labute approximate surface area is 136 Å². The van der Waals surface area contributed by atoms with Crippen molar-refractivity contribution < 1.29 is 14.3 Å². The van der Waals surface area contributed by atoms with Crippen molar-refractivity contribution in [3.05, 3.63) is 28.8 Å². The number of nitrogens with zero attached hydrogens (tertiary/aromatic N) is 1. The average molecular weight is 317 g/mol. The van der Waals surface area contributed by atoms with Crippen molar-refractivity contribution in [2.75, 3.05) is 20.2 Å². The van der Waals surface area contributed by atoms with Gasteiger partial charge in [-0.2, -0.15) is 0 Å². The van der Waals surface area contributed by atoms with Crippen LogP contribution < -0.4 is 15.4 Å². The lowest BCUT2D eigenvalue weighted by molar-refractivity contribution is -0.126. The zero-order chi connectivity index (χ0) is 16.6. The van der Waals surface area contributed by atoms with E-state index in [9.17, 15) is 9.59 Å². The third kappa shape index (κ3) is 2.91. The molecule has 6 heteroatoms. The Morgan fingerprint density at radius 2 is 1.96 bits per heavy atom. The number of hydrogen-bond donors (Lipinski definition) is 2. The minimum absolute atomic E-state index is 0.200. The summed E-state index contributed by atoms with van der Waals surface area (Å²) in [6.45, 7) is 6.32. The Morgan fingerprint density at radius 3 is 2.52 bits per heavy atom. The molecule has 0 bridgehead atoms. The molecule has 3 rings (SSSR count). The van der Waals surface area contributed by atoms with Gasteiger partial charge in [-0.05, 0) is 49.9 Å². The number of benzene rings is 1. The van der Waals surface area contributed by atoms with Crippen LogP contribution in [0.5, 0.6) is 5.75 Å². The van der Waals surface area contributed by atoms with Gasteiger partial charge in [-0.25, -0.2) is 4.79 Å². The summed E-state index contributed by atoms with van der Waals surface area (Å²) in [6.07, 6.45) is 1.59. The fourth-order valence-electron chi connectivity index (χ4n) is 3.81. The number of hydrogen-bond acceptors (Lipinski definition) is 4. The van der Waals surface area contributed by atoms with Gasteiger partial charge in [-0.15, -0.1) is 0 Å². The van der Waals surface area contributed by atoms with Crippen LogP contribution in [0.25, 0.3) is 0 Å². The Balaban J connectivity index is 1.76. The predicted molar refractivity (Wildman–Crippen MR) is 86.4 cm³/mol. The lowest BCUT2D eigenvalue weighted by Gasteiger charge is -2.38. The average Bonchev–Trinajstić information content (AvgIpc) is 2.72. The smallest absolute Gasteiger partial charge is 0.322 e. The standard InChI is InChI=1S/C17H23N3O3/c1-11-7-13(8-12(2)14(11)23-3)9-20-6-4-5-17(10-20)15(21)18-16(22)19-17/h7-8H,4-6,9-10H2,1-3H3,(H2,18,19,21,22). The molecule has 2 fully saturated rings. The van der Waals surface area contributed by atoms with Gasteiger partial charge in [0.15, 0.2) is 0 Å². The van der Waals surface area contributed by atoms with E-state index in [1.54, 1.807) is 7.11 Å². The summed E-state index contributed by atoms with van der Waals surface area (Å²) in [5.74, 6) is 0.723. The summed E-state index contributed by atoms with van der Waals surface area (Å²) >= 11 is 0. The number of imide groups is 1. The number of piperidine rings is 1. The number of carbonyl (C=O) groups is 2. The maximum absolute atomic E-state index is 12.1. The molecule has 0 saturated carbocycles. The SMILES string of the molecule is COc1c(C)cc(CN2CCCC3(C2)NC(=O)NC3=O)cc1C. The largest absolute Gasteiger partial charge is 0.496 e. The highest BCUT2D eigenvalue weighted by Gasteiger charge is 2.48. The van der Waals surface area contributed by atoms with Gasteiger partial charge >= 0.3 is 6.03 Å². The number of ether oxygens (including phenoxy) is 1. The molecular formula is C17H23N3O3. The lowest BCUT2D eigenvalue weighted by Crippen LogP contribution is -2.58. The van der Waals surface area contributed by atoms with Crippen molar-refractivity contribution in [2.24, 2.45) is 0 Å². The first kappa shape index (κ1) is 15.8. The van der Waals surface area contributed by atoms with Gasteiger partial charge in [0.1, 0.15) is 11.3 Å². The van der Waals surface area contributed by atoms with Gasteiger partial charge < -0.3 is 10.1 Å². The van der Waals surface area contributed by atoms with Gasteiger partial charge in [0.2, 0.25) is 0 Å². The second kappa shape index (κ2) is 5.85. The zero-order valence-corrected chi connectivity index (χ0v) is 13.9. The van der Waals surface area contributed by atoms with Gasteiger partial charge in [0, 0.05) is 13.1 Å². The Kier molecular flexibility index (Phi) is 4.02. The molecular weight excluding hydrogens is 294 g/mol. The van der Waals surface area contributed by atoms with Crippen LogP contribution in [0.3, 0.4) is 0 Å². The number of carbonyl (C=O) groups excluding carboxylic acids is 2. The second-order valence-electron chi connectivity index (χ2n) is 6.57. The maximum atomic E-state index is 12.1.